The Kier molecular flexibility index (Phi) is 3.73. The third-order valence-electron chi connectivity index (χ3n) is 4.66. The van der Waals surface area contributed by atoms with Crippen molar-refractivity contribution in [3.63, 3.8) is 0 Å². The van der Waals surface area contributed by atoms with E-state index in [1.54, 1.807) is 18.4 Å². The zero-order chi connectivity index (χ0) is 16.0. The van der Waals surface area contributed by atoms with Crippen molar-refractivity contribution in [2.24, 2.45) is 0 Å². The molecule has 0 aliphatic carbocycles. The molecule has 1 aromatic heterocycles. The second-order valence-corrected chi connectivity index (χ2v) is 7.13. The molecule has 2 fully saturated rings. The highest BCUT2D eigenvalue weighted by atomic mass is 32.1. The summed E-state index contributed by atoms with van der Waals surface area (Å²) in [5.41, 5.74) is 1.58. The first-order chi connectivity index (χ1) is 11.2. The van der Waals surface area contributed by atoms with Gasteiger partial charge < -0.3 is 14.4 Å². The number of carbonyl (C=O) groups is 1. The maximum Gasteiger partial charge on any atom is 0.187 e. The molecule has 2 aliphatic rings. The summed E-state index contributed by atoms with van der Waals surface area (Å²) >= 11 is 1.61. The minimum atomic E-state index is 0.136. The molecule has 0 amide bonds. The van der Waals surface area contributed by atoms with Crippen molar-refractivity contribution in [3.05, 3.63) is 17.7 Å². The largest absolute Gasteiger partial charge is 0.496 e. The van der Waals surface area contributed by atoms with Gasteiger partial charge in [-0.25, -0.2) is 4.98 Å². The van der Waals surface area contributed by atoms with E-state index in [0.29, 0.717) is 29.8 Å². The van der Waals surface area contributed by atoms with Gasteiger partial charge in [0, 0.05) is 6.42 Å². The molecule has 5 nitrogen and oxygen atoms in total. The van der Waals surface area contributed by atoms with Gasteiger partial charge in [0.25, 0.3) is 0 Å². The third kappa shape index (κ3) is 2.32. The summed E-state index contributed by atoms with van der Waals surface area (Å²) in [4.78, 5) is 19.7. The minimum Gasteiger partial charge on any atom is -0.496 e. The highest BCUT2D eigenvalue weighted by Crippen LogP contribution is 2.42. The molecule has 1 aromatic carbocycles. The predicted octanol–water partition coefficient (Wildman–Crippen LogP) is 3.27. The van der Waals surface area contributed by atoms with Gasteiger partial charge in [0.05, 0.1) is 48.2 Å². The normalized spacial score (nSPS) is 23.0. The number of thiazole rings is 1. The van der Waals surface area contributed by atoms with Crippen LogP contribution in [0.1, 0.15) is 36.5 Å². The van der Waals surface area contributed by atoms with Crippen LogP contribution >= 0.6 is 11.3 Å². The number of anilines is 1. The summed E-state index contributed by atoms with van der Waals surface area (Å²) in [5.74, 6) is 0.788. The Morgan fingerprint density at radius 2 is 2.22 bits per heavy atom. The van der Waals surface area contributed by atoms with E-state index in [-0.39, 0.29) is 5.78 Å². The molecule has 2 saturated heterocycles. The van der Waals surface area contributed by atoms with Crippen molar-refractivity contribution in [2.45, 2.75) is 38.3 Å². The lowest BCUT2D eigenvalue weighted by atomic mass is 9.92. The molecule has 0 N–H and O–H groups in total. The number of carbonyl (C=O) groups excluding carboxylic acids is 1. The maximum absolute atomic E-state index is 12.6. The van der Waals surface area contributed by atoms with Crippen LogP contribution in [-0.4, -0.2) is 43.2 Å². The van der Waals surface area contributed by atoms with Gasteiger partial charge in [0.15, 0.2) is 10.9 Å². The lowest BCUT2D eigenvalue weighted by molar-refractivity contribution is 0.0103. The molecule has 6 heteroatoms. The van der Waals surface area contributed by atoms with Crippen LogP contribution in [-0.2, 0) is 4.74 Å². The zero-order valence-corrected chi connectivity index (χ0v) is 14.2. The Bertz CT molecular complexity index is 744. The topological polar surface area (TPSA) is 51.7 Å². The fourth-order valence-corrected chi connectivity index (χ4v) is 4.77. The number of benzene rings is 1. The quantitative estimate of drug-likeness (QED) is 0.787. The van der Waals surface area contributed by atoms with Gasteiger partial charge in [0.1, 0.15) is 5.75 Å². The molecule has 122 valence electrons. The van der Waals surface area contributed by atoms with E-state index in [1.807, 2.05) is 19.1 Å². The summed E-state index contributed by atoms with van der Waals surface area (Å²) in [6, 6.07) is 4.68. The Labute approximate surface area is 139 Å². The van der Waals surface area contributed by atoms with Crippen LogP contribution in [0.2, 0.25) is 0 Å². The molecule has 2 unspecified atom stereocenters. The van der Waals surface area contributed by atoms with Crippen molar-refractivity contribution in [1.82, 2.24) is 4.98 Å². The van der Waals surface area contributed by atoms with Crippen molar-refractivity contribution in [2.75, 3.05) is 25.2 Å². The summed E-state index contributed by atoms with van der Waals surface area (Å²) < 4.78 is 11.9. The van der Waals surface area contributed by atoms with Gasteiger partial charge in [-0.3, -0.25) is 4.79 Å². The van der Waals surface area contributed by atoms with Crippen LogP contribution in [0.4, 0.5) is 5.13 Å². The number of hydrogen-bond acceptors (Lipinski definition) is 6. The van der Waals surface area contributed by atoms with Gasteiger partial charge in [-0.2, -0.15) is 0 Å². The molecule has 4 rings (SSSR count). The van der Waals surface area contributed by atoms with E-state index in [0.717, 1.165) is 35.0 Å². The van der Waals surface area contributed by atoms with Gasteiger partial charge in [-0.1, -0.05) is 18.3 Å². The summed E-state index contributed by atoms with van der Waals surface area (Å²) in [6.45, 7) is 3.57. The molecule has 3 heterocycles. The molecule has 2 atom stereocenters. The smallest absolute Gasteiger partial charge is 0.187 e. The van der Waals surface area contributed by atoms with E-state index < -0.39 is 0 Å². The summed E-state index contributed by atoms with van der Waals surface area (Å²) in [7, 11) is 1.61. The molecule has 23 heavy (non-hydrogen) atoms. The second kappa shape index (κ2) is 5.76. The fraction of sp³-hybridized carbons (Fsp3) is 0.529. The standard InChI is InChI=1S/C17H20N2O3S/c1-3-4-13(20)15-14(21-2)6-5-12-16(15)23-17(18-12)19-10-7-11(19)9-22-8-10/h5-6,10-11H,3-4,7-9H2,1-2H3. The van der Waals surface area contributed by atoms with Crippen LogP contribution in [0.5, 0.6) is 5.75 Å². The molecule has 0 radical (unpaired) electrons. The Hall–Kier alpha value is -1.66. The SMILES string of the molecule is CCCC(=O)c1c(OC)ccc2nc(N3C4COCC3C4)sc12. The number of ether oxygens (including phenoxy) is 2. The number of Topliss-reactive ketones (excluding diaryl/α,β-unsaturated/α-hetero) is 1. The second-order valence-electron chi connectivity index (χ2n) is 6.15. The van der Waals surface area contributed by atoms with Crippen LogP contribution in [0.15, 0.2) is 12.1 Å². The van der Waals surface area contributed by atoms with Gasteiger partial charge in [-0.15, -0.1) is 0 Å². The van der Waals surface area contributed by atoms with Gasteiger partial charge in [-0.05, 0) is 25.0 Å². The van der Waals surface area contributed by atoms with Crippen molar-refractivity contribution < 1.29 is 14.3 Å². The van der Waals surface area contributed by atoms with Crippen LogP contribution in [0, 0.1) is 0 Å². The molecular weight excluding hydrogens is 312 g/mol. The fourth-order valence-electron chi connectivity index (χ4n) is 3.51. The van der Waals surface area contributed by atoms with E-state index in [4.69, 9.17) is 14.5 Å². The summed E-state index contributed by atoms with van der Waals surface area (Å²) in [5, 5.41) is 1.00. The highest BCUT2D eigenvalue weighted by Gasteiger charge is 2.44. The number of aromatic nitrogens is 1. The van der Waals surface area contributed by atoms with Gasteiger partial charge >= 0.3 is 0 Å². The Balaban J connectivity index is 1.79. The molecule has 2 aliphatic heterocycles. The van der Waals surface area contributed by atoms with Crippen LogP contribution in [0.25, 0.3) is 10.2 Å². The number of methoxy groups -OCH3 is 1. The minimum absolute atomic E-state index is 0.136. The van der Waals surface area contributed by atoms with Crippen molar-refractivity contribution in [3.8, 4) is 5.75 Å². The van der Waals surface area contributed by atoms with Crippen molar-refractivity contribution in [1.29, 1.82) is 0 Å². The van der Waals surface area contributed by atoms with E-state index in [9.17, 15) is 4.79 Å². The molecule has 0 spiro atoms. The first kappa shape index (κ1) is 14.9. The Morgan fingerprint density at radius 3 is 2.87 bits per heavy atom. The maximum atomic E-state index is 12.6. The first-order valence-corrected chi connectivity index (χ1v) is 8.91. The average Bonchev–Trinajstić information content (AvgIpc) is 2.97. The summed E-state index contributed by atoms with van der Waals surface area (Å²) in [6.07, 6.45) is 2.55. The number of ketones is 1. The number of hydrogen-bond donors (Lipinski definition) is 0. The highest BCUT2D eigenvalue weighted by molar-refractivity contribution is 7.22. The molecule has 0 saturated carbocycles. The van der Waals surface area contributed by atoms with Crippen molar-refractivity contribution >= 4 is 32.5 Å². The first-order valence-electron chi connectivity index (χ1n) is 8.09. The van der Waals surface area contributed by atoms with Crippen LogP contribution < -0.4 is 9.64 Å². The number of nitrogens with zero attached hydrogens (tertiary/aromatic N) is 2. The van der Waals surface area contributed by atoms with E-state index >= 15 is 0 Å². The van der Waals surface area contributed by atoms with E-state index in [2.05, 4.69) is 4.90 Å². The van der Waals surface area contributed by atoms with Gasteiger partial charge in [0.2, 0.25) is 0 Å². The third-order valence-corrected chi connectivity index (χ3v) is 5.76. The predicted molar refractivity (Wildman–Crippen MR) is 90.9 cm³/mol. The molecule has 2 aromatic rings. The number of morpholine rings is 1. The monoisotopic (exact) mass is 332 g/mol. The molecular formula is C17H20N2O3S. The van der Waals surface area contributed by atoms with E-state index in [1.165, 1.54) is 6.42 Å². The zero-order valence-electron chi connectivity index (χ0n) is 13.4. The molecule has 2 bridgehead atoms. The Morgan fingerprint density at radius 1 is 1.43 bits per heavy atom. The number of rotatable bonds is 5. The lowest BCUT2D eigenvalue weighted by Gasteiger charge is -2.52. The average molecular weight is 332 g/mol. The lowest BCUT2D eigenvalue weighted by Crippen LogP contribution is -2.64. The number of fused-ring (bicyclic) bond motifs is 3. The van der Waals surface area contributed by atoms with Crippen LogP contribution in [0.3, 0.4) is 0 Å².